The number of rotatable bonds is 0. The summed E-state index contributed by atoms with van der Waals surface area (Å²) < 4.78 is 6.95. The minimum atomic E-state index is 0.159. The van der Waals surface area contributed by atoms with E-state index in [1.807, 2.05) is 0 Å². The van der Waals surface area contributed by atoms with Crippen molar-refractivity contribution in [2.24, 2.45) is 5.92 Å². The number of halogens is 1. The zero-order valence-electron chi connectivity index (χ0n) is 13.0. The third-order valence-electron chi connectivity index (χ3n) is 5.36. The molecule has 0 bridgehead atoms. The maximum Gasteiger partial charge on any atom is 0.0820 e. The lowest BCUT2D eigenvalue weighted by Crippen LogP contribution is -2.27. The molecule has 2 nitrogen and oxygen atoms in total. The van der Waals surface area contributed by atoms with Crippen molar-refractivity contribution in [2.75, 3.05) is 0 Å². The molecule has 1 aliphatic carbocycles. The van der Waals surface area contributed by atoms with Gasteiger partial charge in [0.2, 0.25) is 0 Å². The molecule has 3 rings (SSSR count). The van der Waals surface area contributed by atoms with E-state index in [2.05, 4.69) is 68.4 Å². The minimum absolute atomic E-state index is 0.159. The first kappa shape index (κ1) is 14.8. The average molecular weight is 385 g/mol. The number of hydrogen-bond donors (Lipinski definition) is 0. The molecule has 1 aromatic heterocycles. The molecule has 2 heterocycles. The molecule has 0 saturated carbocycles. The van der Waals surface area contributed by atoms with Crippen LogP contribution in [0, 0.1) is 12.8 Å². The predicted molar refractivity (Wildman–Crippen MR) is 90.7 cm³/mol. The molecule has 0 radical (unpaired) electrons. The van der Waals surface area contributed by atoms with E-state index in [4.69, 9.17) is 4.74 Å². The highest BCUT2D eigenvalue weighted by Crippen LogP contribution is 2.52. The van der Waals surface area contributed by atoms with Gasteiger partial charge < -0.3 is 4.74 Å². The Hall–Kier alpha value is -0.160. The summed E-state index contributed by atoms with van der Waals surface area (Å²) >= 11 is 2.66. The molecule has 0 saturated heterocycles. The molecule has 110 valence electrons. The number of aromatic nitrogens is 1. The van der Waals surface area contributed by atoms with Crippen LogP contribution in [0.2, 0.25) is 0 Å². The van der Waals surface area contributed by atoms with E-state index in [0.29, 0.717) is 27.8 Å². The Balaban J connectivity index is 2.20. The minimum Gasteiger partial charge on any atom is -0.371 e. The Morgan fingerprint density at radius 2 is 1.90 bits per heavy atom. The fraction of sp³-hybridized carbons (Fsp3) is 0.706. The largest absolute Gasteiger partial charge is 0.371 e. The van der Waals surface area contributed by atoms with Crippen LogP contribution in [0.5, 0.6) is 0 Å². The summed E-state index contributed by atoms with van der Waals surface area (Å²) in [4.78, 5) is 4.66. The van der Waals surface area contributed by atoms with Crippen LogP contribution in [0.4, 0.5) is 0 Å². The summed E-state index contributed by atoms with van der Waals surface area (Å²) in [6.07, 6.45) is 3.83. The van der Waals surface area contributed by atoms with Crippen LogP contribution in [0.15, 0.2) is 6.20 Å². The zero-order valence-corrected chi connectivity index (χ0v) is 15.1. The van der Waals surface area contributed by atoms with Gasteiger partial charge in [-0.05, 0) is 56.1 Å². The SMILES string of the molecule is Cc1ncc2c3c1C(C)OC(C)C(C)CC3C(I)C2C. The third-order valence-corrected chi connectivity index (χ3v) is 7.31. The first-order valence-electron chi connectivity index (χ1n) is 7.70. The van der Waals surface area contributed by atoms with Gasteiger partial charge in [-0.1, -0.05) is 36.4 Å². The second kappa shape index (κ2) is 5.24. The van der Waals surface area contributed by atoms with Crippen molar-refractivity contribution >= 4 is 22.6 Å². The number of hydrogen-bond acceptors (Lipinski definition) is 2. The number of pyridine rings is 1. The molecule has 2 aliphatic rings. The summed E-state index contributed by atoms with van der Waals surface area (Å²) in [7, 11) is 0. The Bertz CT molecular complexity index is 530. The second-order valence-corrected chi connectivity index (χ2v) is 8.10. The first-order chi connectivity index (χ1) is 9.41. The van der Waals surface area contributed by atoms with Crippen molar-refractivity contribution in [1.82, 2.24) is 4.98 Å². The molecule has 1 aromatic rings. The number of ether oxygens (including phenoxy) is 1. The number of alkyl halides is 1. The lowest BCUT2D eigenvalue weighted by atomic mass is 9.83. The second-order valence-electron chi connectivity index (χ2n) is 6.66. The fourth-order valence-electron chi connectivity index (χ4n) is 3.99. The van der Waals surface area contributed by atoms with Crippen LogP contribution in [-0.4, -0.2) is 15.0 Å². The summed E-state index contributed by atoms with van der Waals surface area (Å²) in [6.45, 7) is 11.2. The van der Waals surface area contributed by atoms with Gasteiger partial charge in [0, 0.05) is 21.4 Å². The fourth-order valence-corrected chi connectivity index (χ4v) is 5.03. The zero-order chi connectivity index (χ0) is 14.6. The molecule has 0 N–H and O–H groups in total. The van der Waals surface area contributed by atoms with Crippen LogP contribution in [0.25, 0.3) is 0 Å². The van der Waals surface area contributed by atoms with Crippen LogP contribution >= 0.6 is 22.6 Å². The van der Waals surface area contributed by atoms with Crippen molar-refractivity contribution in [1.29, 1.82) is 0 Å². The van der Waals surface area contributed by atoms with Gasteiger partial charge in [-0.3, -0.25) is 4.98 Å². The topological polar surface area (TPSA) is 22.1 Å². The predicted octanol–water partition coefficient (Wildman–Crippen LogP) is 4.90. The molecule has 6 unspecified atom stereocenters. The lowest BCUT2D eigenvalue weighted by molar-refractivity contribution is -0.0293. The van der Waals surface area contributed by atoms with Crippen molar-refractivity contribution in [2.45, 2.75) is 69.0 Å². The quantitative estimate of drug-likeness (QED) is 0.468. The van der Waals surface area contributed by atoms with Gasteiger partial charge in [-0.2, -0.15) is 0 Å². The molecule has 6 atom stereocenters. The van der Waals surface area contributed by atoms with Crippen molar-refractivity contribution in [3.8, 4) is 0 Å². The number of aryl methyl sites for hydroxylation is 1. The van der Waals surface area contributed by atoms with Gasteiger partial charge in [0.1, 0.15) is 0 Å². The average Bonchev–Trinajstić information content (AvgIpc) is 2.62. The maximum absolute atomic E-state index is 6.27. The molecule has 0 amide bonds. The van der Waals surface area contributed by atoms with Gasteiger partial charge in [0.05, 0.1) is 12.2 Å². The van der Waals surface area contributed by atoms with Gasteiger partial charge in [0.15, 0.2) is 0 Å². The van der Waals surface area contributed by atoms with E-state index in [9.17, 15) is 0 Å². The van der Waals surface area contributed by atoms with E-state index in [1.54, 1.807) is 5.56 Å². The summed E-state index contributed by atoms with van der Waals surface area (Å²) in [6, 6.07) is 0. The van der Waals surface area contributed by atoms with Crippen LogP contribution in [-0.2, 0) is 4.74 Å². The molecule has 20 heavy (non-hydrogen) atoms. The summed E-state index contributed by atoms with van der Waals surface area (Å²) in [5, 5.41) is 0. The first-order valence-corrected chi connectivity index (χ1v) is 8.95. The number of nitrogens with zero attached hydrogens (tertiary/aromatic N) is 1. The molecular weight excluding hydrogens is 361 g/mol. The maximum atomic E-state index is 6.27. The van der Waals surface area contributed by atoms with E-state index in [0.717, 1.165) is 5.69 Å². The van der Waals surface area contributed by atoms with Crippen LogP contribution in [0.3, 0.4) is 0 Å². The molecule has 3 heteroatoms. The summed E-state index contributed by atoms with van der Waals surface area (Å²) in [5.41, 5.74) is 5.56. The standard InChI is InChI=1S/C17H24INO/c1-8-6-13-16-14(9(2)17(13)18)7-19-10(3)15(16)12(5)20-11(8)4/h7-9,11-13,17H,6H2,1-5H3. The molecule has 0 fully saturated rings. The van der Waals surface area contributed by atoms with Gasteiger partial charge in [0.25, 0.3) is 0 Å². The molecule has 0 spiro atoms. The third kappa shape index (κ3) is 2.12. The molecule has 1 aliphatic heterocycles. The monoisotopic (exact) mass is 385 g/mol. The van der Waals surface area contributed by atoms with Crippen LogP contribution in [0.1, 0.15) is 74.4 Å². The van der Waals surface area contributed by atoms with E-state index in [1.165, 1.54) is 17.5 Å². The molecular formula is C17H24INO. The van der Waals surface area contributed by atoms with E-state index < -0.39 is 0 Å². The smallest absolute Gasteiger partial charge is 0.0820 e. The Kier molecular flexibility index (Phi) is 3.87. The molecule has 0 aromatic carbocycles. The van der Waals surface area contributed by atoms with Crippen molar-refractivity contribution < 1.29 is 4.74 Å². The van der Waals surface area contributed by atoms with Crippen molar-refractivity contribution in [3.05, 3.63) is 28.6 Å². The van der Waals surface area contributed by atoms with Gasteiger partial charge in [-0.15, -0.1) is 0 Å². The highest BCUT2D eigenvalue weighted by atomic mass is 127. The van der Waals surface area contributed by atoms with Crippen LogP contribution < -0.4 is 0 Å². The van der Waals surface area contributed by atoms with Gasteiger partial charge in [-0.25, -0.2) is 0 Å². The Morgan fingerprint density at radius 1 is 1.20 bits per heavy atom. The Morgan fingerprint density at radius 3 is 2.60 bits per heavy atom. The normalized spacial score (nSPS) is 40.1. The van der Waals surface area contributed by atoms with Crippen molar-refractivity contribution in [3.63, 3.8) is 0 Å². The Labute approximate surface area is 135 Å². The van der Waals surface area contributed by atoms with E-state index >= 15 is 0 Å². The highest BCUT2D eigenvalue weighted by molar-refractivity contribution is 14.1. The van der Waals surface area contributed by atoms with Gasteiger partial charge >= 0.3 is 0 Å². The van der Waals surface area contributed by atoms with E-state index in [-0.39, 0.29) is 6.10 Å². The highest BCUT2D eigenvalue weighted by Gasteiger charge is 2.42. The summed E-state index contributed by atoms with van der Waals surface area (Å²) in [5.74, 6) is 1.89. The lowest BCUT2D eigenvalue weighted by Gasteiger charge is -2.33.